The SMILES string of the molecule is Oc1ccc2c(Br)cccc2c1I. The molecule has 3 heteroatoms. The molecule has 0 unspecified atom stereocenters. The summed E-state index contributed by atoms with van der Waals surface area (Å²) in [5.74, 6) is 0.339. The van der Waals surface area contributed by atoms with Crippen LogP contribution < -0.4 is 0 Å². The number of halogens is 2. The van der Waals surface area contributed by atoms with E-state index in [1.165, 1.54) is 0 Å². The maximum Gasteiger partial charge on any atom is 0.129 e. The third-order valence-corrected chi connectivity index (χ3v) is 3.75. The van der Waals surface area contributed by atoms with Crippen molar-refractivity contribution in [2.45, 2.75) is 0 Å². The highest BCUT2D eigenvalue weighted by atomic mass is 127. The lowest BCUT2D eigenvalue weighted by Gasteiger charge is -2.04. The van der Waals surface area contributed by atoms with Gasteiger partial charge in [-0.25, -0.2) is 0 Å². The minimum absolute atomic E-state index is 0.339. The molecule has 1 N–H and O–H groups in total. The van der Waals surface area contributed by atoms with Crippen LogP contribution in [0, 0.1) is 3.57 Å². The molecule has 0 atom stereocenters. The molecule has 0 radical (unpaired) electrons. The third-order valence-electron chi connectivity index (χ3n) is 1.92. The van der Waals surface area contributed by atoms with Crippen molar-refractivity contribution >= 4 is 49.3 Å². The fourth-order valence-electron chi connectivity index (χ4n) is 1.27. The van der Waals surface area contributed by atoms with Gasteiger partial charge in [0.05, 0.1) is 3.57 Å². The molecule has 0 aliphatic rings. The highest BCUT2D eigenvalue weighted by Gasteiger charge is 2.04. The zero-order valence-corrected chi connectivity index (χ0v) is 10.3. The standard InChI is InChI=1S/C10H6BrIO/c11-8-3-1-2-7-6(8)4-5-9(13)10(7)12/h1-5,13H. The van der Waals surface area contributed by atoms with E-state index in [1.807, 2.05) is 24.3 Å². The highest BCUT2D eigenvalue weighted by Crippen LogP contribution is 2.32. The number of fused-ring (bicyclic) bond motifs is 1. The van der Waals surface area contributed by atoms with Crippen molar-refractivity contribution in [3.63, 3.8) is 0 Å². The Hall–Kier alpha value is -0.290. The summed E-state index contributed by atoms with van der Waals surface area (Å²) in [6.45, 7) is 0. The Labute approximate surface area is 98.0 Å². The molecule has 2 rings (SSSR count). The first-order chi connectivity index (χ1) is 6.20. The molecule has 0 aliphatic heterocycles. The minimum Gasteiger partial charge on any atom is -0.507 e. The number of phenolic OH excluding ortho intramolecular Hbond substituents is 1. The van der Waals surface area contributed by atoms with Crippen LogP contribution in [0.5, 0.6) is 5.75 Å². The van der Waals surface area contributed by atoms with Gasteiger partial charge in [0.25, 0.3) is 0 Å². The van der Waals surface area contributed by atoms with E-state index in [1.54, 1.807) is 6.07 Å². The molecular formula is C10H6BrIO. The van der Waals surface area contributed by atoms with Crippen LogP contribution in [0.2, 0.25) is 0 Å². The molecule has 13 heavy (non-hydrogen) atoms. The van der Waals surface area contributed by atoms with E-state index in [0.717, 1.165) is 18.8 Å². The van der Waals surface area contributed by atoms with Crippen molar-refractivity contribution in [3.8, 4) is 5.75 Å². The lowest BCUT2D eigenvalue weighted by molar-refractivity contribution is 0.472. The number of hydrogen-bond donors (Lipinski definition) is 1. The molecule has 0 fully saturated rings. The Balaban J connectivity index is 2.94. The fourth-order valence-corrected chi connectivity index (χ4v) is 2.42. The monoisotopic (exact) mass is 348 g/mol. The summed E-state index contributed by atoms with van der Waals surface area (Å²) in [5, 5.41) is 11.7. The van der Waals surface area contributed by atoms with E-state index in [9.17, 15) is 5.11 Å². The molecule has 1 nitrogen and oxygen atoms in total. The molecule has 66 valence electrons. The van der Waals surface area contributed by atoms with Crippen LogP contribution in [0.15, 0.2) is 34.8 Å². The average Bonchev–Trinajstić information content (AvgIpc) is 2.12. The number of phenols is 1. The first-order valence-corrected chi connectivity index (χ1v) is 5.63. The normalized spacial score (nSPS) is 10.6. The van der Waals surface area contributed by atoms with Crippen molar-refractivity contribution < 1.29 is 5.11 Å². The van der Waals surface area contributed by atoms with Crippen molar-refractivity contribution in [3.05, 3.63) is 38.4 Å². The predicted octanol–water partition coefficient (Wildman–Crippen LogP) is 3.91. The molecule has 0 spiro atoms. The van der Waals surface area contributed by atoms with Gasteiger partial charge in [0, 0.05) is 4.47 Å². The van der Waals surface area contributed by atoms with Crippen LogP contribution in [0.4, 0.5) is 0 Å². The summed E-state index contributed by atoms with van der Waals surface area (Å²) in [7, 11) is 0. The smallest absolute Gasteiger partial charge is 0.129 e. The van der Waals surface area contributed by atoms with Crippen molar-refractivity contribution in [2.24, 2.45) is 0 Å². The average molecular weight is 349 g/mol. The molecular weight excluding hydrogens is 343 g/mol. The van der Waals surface area contributed by atoms with Crippen LogP contribution in [0.3, 0.4) is 0 Å². The molecule has 2 aromatic carbocycles. The van der Waals surface area contributed by atoms with Crippen LogP contribution in [0.1, 0.15) is 0 Å². The Morgan fingerprint density at radius 1 is 1.08 bits per heavy atom. The number of benzene rings is 2. The second-order valence-corrected chi connectivity index (χ2v) is 4.67. The molecule has 0 heterocycles. The zero-order valence-electron chi connectivity index (χ0n) is 6.59. The zero-order chi connectivity index (χ0) is 9.42. The van der Waals surface area contributed by atoms with E-state index in [0.29, 0.717) is 5.75 Å². The highest BCUT2D eigenvalue weighted by molar-refractivity contribution is 14.1. The Kier molecular flexibility index (Phi) is 2.47. The second-order valence-electron chi connectivity index (χ2n) is 2.73. The number of aromatic hydroxyl groups is 1. The van der Waals surface area contributed by atoms with Crippen molar-refractivity contribution in [1.82, 2.24) is 0 Å². The van der Waals surface area contributed by atoms with Crippen molar-refractivity contribution in [2.75, 3.05) is 0 Å². The third kappa shape index (κ3) is 1.55. The van der Waals surface area contributed by atoms with E-state index in [2.05, 4.69) is 38.5 Å². The van der Waals surface area contributed by atoms with E-state index in [4.69, 9.17) is 0 Å². The Morgan fingerprint density at radius 3 is 2.62 bits per heavy atom. The maximum atomic E-state index is 9.49. The summed E-state index contributed by atoms with van der Waals surface area (Å²) >= 11 is 5.62. The topological polar surface area (TPSA) is 20.2 Å². The summed E-state index contributed by atoms with van der Waals surface area (Å²) in [6, 6.07) is 9.59. The number of hydrogen-bond acceptors (Lipinski definition) is 1. The largest absolute Gasteiger partial charge is 0.507 e. The van der Waals surface area contributed by atoms with Gasteiger partial charge < -0.3 is 5.11 Å². The van der Waals surface area contributed by atoms with Crippen molar-refractivity contribution in [1.29, 1.82) is 0 Å². The Morgan fingerprint density at radius 2 is 1.85 bits per heavy atom. The van der Waals surface area contributed by atoms with Crippen LogP contribution in [-0.4, -0.2) is 5.11 Å². The first-order valence-electron chi connectivity index (χ1n) is 3.76. The first kappa shape index (κ1) is 9.27. The molecule has 0 aliphatic carbocycles. The maximum absolute atomic E-state index is 9.49. The molecule has 2 aromatic rings. The summed E-state index contributed by atoms with van der Waals surface area (Å²) in [4.78, 5) is 0. The van der Waals surface area contributed by atoms with E-state index < -0.39 is 0 Å². The molecule has 0 saturated carbocycles. The minimum atomic E-state index is 0.339. The number of rotatable bonds is 0. The van der Waals surface area contributed by atoms with Gasteiger partial charge in [0.1, 0.15) is 5.75 Å². The lowest BCUT2D eigenvalue weighted by Crippen LogP contribution is -1.79. The summed E-state index contributed by atoms with van der Waals surface area (Å²) < 4.78 is 1.96. The van der Waals surface area contributed by atoms with E-state index >= 15 is 0 Å². The molecule has 0 bridgehead atoms. The van der Waals surface area contributed by atoms with Gasteiger partial charge in [0.2, 0.25) is 0 Å². The van der Waals surface area contributed by atoms with Crippen LogP contribution >= 0.6 is 38.5 Å². The molecule has 0 saturated heterocycles. The van der Waals surface area contributed by atoms with E-state index in [-0.39, 0.29) is 0 Å². The van der Waals surface area contributed by atoms with Gasteiger partial charge in [-0.1, -0.05) is 28.1 Å². The van der Waals surface area contributed by atoms with Crippen LogP contribution in [-0.2, 0) is 0 Å². The van der Waals surface area contributed by atoms with Gasteiger partial charge in [-0.3, -0.25) is 0 Å². The van der Waals surface area contributed by atoms with Crippen LogP contribution in [0.25, 0.3) is 10.8 Å². The summed E-state index contributed by atoms with van der Waals surface area (Å²) in [6.07, 6.45) is 0. The quantitative estimate of drug-likeness (QED) is 0.715. The van der Waals surface area contributed by atoms with Gasteiger partial charge >= 0.3 is 0 Å². The van der Waals surface area contributed by atoms with Gasteiger partial charge in [-0.15, -0.1) is 0 Å². The molecule has 0 aromatic heterocycles. The van der Waals surface area contributed by atoms with Gasteiger partial charge in [-0.2, -0.15) is 0 Å². The summed E-state index contributed by atoms with van der Waals surface area (Å²) in [5.41, 5.74) is 0. The Bertz CT molecular complexity index is 468. The predicted molar refractivity (Wildman–Crippen MR) is 66.0 cm³/mol. The second kappa shape index (κ2) is 3.46. The van der Waals surface area contributed by atoms with Gasteiger partial charge in [-0.05, 0) is 51.6 Å². The van der Waals surface area contributed by atoms with Gasteiger partial charge in [0.15, 0.2) is 0 Å². The lowest BCUT2D eigenvalue weighted by atomic mass is 10.1. The molecule has 0 amide bonds. The fraction of sp³-hybridized carbons (Fsp3) is 0.